The van der Waals surface area contributed by atoms with E-state index in [0.717, 1.165) is 11.4 Å². The van der Waals surface area contributed by atoms with Gasteiger partial charge < -0.3 is 18.9 Å². The van der Waals surface area contributed by atoms with Crippen molar-refractivity contribution in [3.8, 4) is 34.3 Å². The van der Waals surface area contributed by atoms with Gasteiger partial charge in [-0.15, -0.1) is 23.4 Å². The Balaban J connectivity index is 0.000000355. The Labute approximate surface area is 232 Å². The van der Waals surface area contributed by atoms with Gasteiger partial charge in [0.05, 0.1) is 14.2 Å². The van der Waals surface area contributed by atoms with Gasteiger partial charge in [-0.1, -0.05) is 32.0 Å². The van der Waals surface area contributed by atoms with Gasteiger partial charge in [0, 0.05) is 26.5 Å². The van der Waals surface area contributed by atoms with E-state index in [1.54, 1.807) is 42.9 Å². The molecule has 0 radical (unpaired) electrons. The highest BCUT2D eigenvalue weighted by atomic mass is 19.4. The van der Waals surface area contributed by atoms with Crippen LogP contribution in [0.15, 0.2) is 54.9 Å². The number of nitrogens with zero attached hydrogens (tertiary/aromatic N) is 5. The van der Waals surface area contributed by atoms with E-state index in [9.17, 15) is 13.2 Å². The number of benzene rings is 2. The SMILES string of the molecule is CO[C@H](c1ncc(C)cn1)C(C)C.COc1cccc(OC)c1-n1c(C)nnc1-c1cccc(OC(F)(F)F)c1.[HH]. The average Bonchev–Trinajstić information content (AvgIpc) is 3.29. The number of rotatable bonds is 8. The molecule has 0 saturated heterocycles. The molecule has 0 fully saturated rings. The van der Waals surface area contributed by atoms with Crippen LogP contribution in [0.5, 0.6) is 17.2 Å². The van der Waals surface area contributed by atoms with Crippen LogP contribution in [0.3, 0.4) is 0 Å². The molecule has 0 aliphatic carbocycles. The third-order valence-corrected chi connectivity index (χ3v) is 5.69. The van der Waals surface area contributed by atoms with Gasteiger partial charge in [-0.2, -0.15) is 0 Å². The summed E-state index contributed by atoms with van der Waals surface area (Å²) >= 11 is 0. The van der Waals surface area contributed by atoms with Crippen molar-refractivity contribution in [1.82, 2.24) is 24.7 Å². The molecule has 0 aliphatic heterocycles. The van der Waals surface area contributed by atoms with Gasteiger partial charge >= 0.3 is 6.36 Å². The number of aryl methyl sites for hydroxylation is 2. The molecule has 2 aromatic heterocycles. The number of ether oxygens (including phenoxy) is 4. The van der Waals surface area contributed by atoms with Crippen LogP contribution in [0.2, 0.25) is 0 Å². The van der Waals surface area contributed by atoms with Gasteiger partial charge in [-0.25, -0.2) is 9.97 Å². The van der Waals surface area contributed by atoms with Crippen molar-refractivity contribution in [2.24, 2.45) is 5.92 Å². The summed E-state index contributed by atoms with van der Waals surface area (Å²) in [5.41, 5.74) is 2.01. The monoisotopic (exact) mass is 561 g/mol. The predicted molar refractivity (Wildman–Crippen MR) is 145 cm³/mol. The molecule has 2 aromatic carbocycles. The van der Waals surface area contributed by atoms with Gasteiger partial charge in [0.15, 0.2) is 11.6 Å². The Bertz CT molecular complexity index is 1380. The van der Waals surface area contributed by atoms with Crippen molar-refractivity contribution in [3.63, 3.8) is 0 Å². The molecule has 0 N–H and O–H groups in total. The number of hydrogen-bond acceptors (Lipinski definition) is 8. The first-order valence-electron chi connectivity index (χ1n) is 12.3. The van der Waals surface area contributed by atoms with Crippen LogP contribution in [0.1, 0.15) is 38.6 Å². The lowest BCUT2D eigenvalue weighted by Crippen LogP contribution is -2.17. The van der Waals surface area contributed by atoms with Crippen molar-refractivity contribution in [3.05, 3.63) is 72.1 Å². The van der Waals surface area contributed by atoms with E-state index >= 15 is 0 Å². The minimum atomic E-state index is -4.78. The molecule has 4 rings (SSSR count). The Hall–Kier alpha value is -4.19. The first kappa shape index (κ1) is 30.4. The van der Waals surface area contributed by atoms with Gasteiger partial charge in [0.2, 0.25) is 0 Å². The topological polar surface area (TPSA) is 93.4 Å². The van der Waals surface area contributed by atoms with Gasteiger partial charge in [0.25, 0.3) is 0 Å². The molecule has 0 unspecified atom stereocenters. The average molecular weight is 562 g/mol. The van der Waals surface area contributed by atoms with Crippen LogP contribution in [0.25, 0.3) is 17.1 Å². The number of halogens is 3. The normalized spacial score (nSPS) is 12.0. The maximum atomic E-state index is 12.5. The number of alkyl halides is 3. The van der Waals surface area contributed by atoms with Crippen LogP contribution < -0.4 is 14.2 Å². The van der Waals surface area contributed by atoms with Crippen LogP contribution in [-0.4, -0.2) is 52.4 Å². The zero-order chi connectivity index (χ0) is 29.4. The predicted octanol–water partition coefficient (Wildman–Crippen LogP) is 6.53. The lowest BCUT2D eigenvalue weighted by atomic mass is 10.1. The van der Waals surface area contributed by atoms with E-state index in [2.05, 4.69) is 38.7 Å². The van der Waals surface area contributed by atoms with E-state index < -0.39 is 6.36 Å². The lowest BCUT2D eigenvalue weighted by Gasteiger charge is -2.17. The Morgan fingerprint density at radius 2 is 1.48 bits per heavy atom. The highest BCUT2D eigenvalue weighted by Crippen LogP contribution is 2.37. The molecule has 12 heteroatoms. The zero-order valence-electron chi connectivity index (χ0n) is 23.4. The zero-order valence-corrected chi connectivity index (χ0v) is 23.4. The van der Waals surface area contributed by atoms with Crippen LogP contribution in [0.4, 0.5) is 13.2 Å². The van der Waals surface area contributed by atoms with E-state index in [1.807, 2.05) is 19.3 Å². The molecular formula is C28H34F3N5O4. The second-order valence-corrected chi connectivity index (χ2v) is 9.01. The standard InChI is InChI=1S/C18H16F3N3O3.C10H16N2O.H2/c1-11-22-23-17(12-6-4-7-13(10-12)27-18(19,20)21)24(11)16-14(25-2)8-5-9-15(16)26-3;1-7(2)9(13-4)10-11-5-8(3)6-12-10;/h4-10H,1-3H3;5-7,9H,1-4H3;1H/t;9-;/m.0./s1. The molecule has 2 heterocycles. The van der Waals surface area contributed by atoms with Crippen molar-refractivity contribution in [1.29, 1.82) is 0 Å². The first-order chi connectivity index (χ1) is 19.0. The summed E-state index contributed by atoms with van der Waals surface area (Å²) in [7, 11) is 4.71. The Morgan fingerprint density at radius 3 is 2.00 bits per heavy atom. The van der Waals surface area contributed by atoms with E-state index in [1.165, 1.54) is 32.4 Å². The molecule has 0 amide bonds. The molecule has 216 valence electrons. The van der Waals surface area contributed by atoms with E-state index in [0.29, 0.717) is 40.3 Å². The fraction of sp³-hybridized carbons (Fsp3) is 0.357. The summed E-state index contributed by atoms with van der Waals surface area (Å²) in [4.78, 5) is 8.47. The summed E-state index contributed by atoms with van der Waals surface area (Å²) in [6, 6.07) is 10.8. The van der Waals surface area contributed by atoms with Gasteiger partial charge in [0.1, 0.15) is 34.9 Å². The van der Waals surface area contributed by atoms with E-state index in [4.69, 9.17) is 14.2 Å². The second-order valence-electron chi connectivity index (χ2n) is 9.01. The molecular weight excluding hydrogens is 527 g/mol. The van der Waals surface area contributed by atoms with Crippen LogP contribution in [-0.2, 0) is 4.74 Å². The van der Waals surface area contributed by atoms with Crippen molar-refractivity contribution in [2.75, 3.05) is 21.3 Å². The minimum absolute atomic E-state index is 0. The fourth-order valence-electron chi connectivity index (χ4n) is 3.93. The number of para-hydroxylation sites is 1. The summed E-state index contributed by atoms with van der Waals surface area (Å²) < 4.78 is 59.4. The maximum absolute atomic E-state index is 12.5. The second kappa shape index (κ2) is 13.2. The molecule has 1 atom stereocenters. The third kappa shape index (κ3) is 7.47. The van der Waals surface area contributed by atoms with Crippen molar-refractivity contribution >= 4 is 0 Å². The molecule has 0 saturated carbocycles. The highest BCUT2D eigenvalue weighted by molar-refractivity contribution is 5.66. The smallest absolute Gasteiger partial charge is 0.494 e. The minimum Gasteiger partial charge on any atom is -0.494 e. The lowest BCUT2D eigenvalue weighted by molar-refractivity contribution is -0.274. The molecule has 0 bridgehead atoms. The number of hydrogen-bond donors (Lipinski definition) is 0. The van der Waals surface area contributed by atoms with Crippen molar-refractivity contribution in [2.45, 2.75) is 40.2 Å². The fourth-order valence-corrected chi connectivity index (χ4v) is 3.93. The largest absolute Gasteiger partial charge is 0.573 e. The number of methoxy groups -OCH3 is 3. The number of aromatic nitrogens is 5. The summed E-state index contributed by atoms with van der Waals surface area (Å²) in [6.45, 7) is 7.88. The summed E-state index contributed by atoms with van der Waals surface area (Å²) in [5, 5.41) is 8.18. The summed E-state index contributed by atoms with van der Waals surface area (Å²) in [5.74, 6) is 2.65. The van der Waals surface area contributed by atoms with Crippen LogP contribution in [0, 0.1) is 19.8 Å². The quantitative estimate of drug-likeness (QED) is 0.240. The molecule has 4 aromatic rings. The molecule has 40 heavy (non-hydrogen) atoms. The van der Waals surface area contributed by atoms with Crippen molar-refractivity contribution < 1.29 is 33.5 Å². The van der Waals surface area contributed by atoms with E-state index in [-0.39, 0.29) is 13.3 Å². The molecule has 9 nitrogen and oxygen atoms in total. The molecule has 0 aliphatic rings. The third-order valence-electron chi connectivity index (χ3n) is 5.69. The van der Waals surface area contributed by atoms with Gasteiger partial charge in [-0.05, 0) is 49.6 Å². The maximum Gasteiger partial charge on any atom is 0.573 e. The Kier molecular flexibility index (Phi) is 10.1. The van der Waals surface area contributed by atoms with Gasteiger partial charge in [-0.3, -0.25) is 4.57 Å². The summed E-state index contributed by atoms with van der Waals surface area (Å²) in [6.07, 6.45) is -1.15. The van der Waals surface area contributed by atoms with Crippen LogP contribution >= 0.6 is 0 Å². The first-order valence-corrected chi connectivity index (χ1v) is 12.3. The highest BCUT2D eigenvalue weighted by Gasteiger charge is 2.31. The molecule has 0 spiro atoms. The Morgan fingerprint density at radius 1 is 0.875 bits per heavy atom.